The Hall–Kier alpha value is -0.880. The van der Waals surface area contributed by atoms with E-state index in [2.05, 4.69) is 50.6 Å². The maximum atomic E-state index is 13.0. The van der Waals surface area contributed by atoms with Gasteiger partial charge in [0.15, 0.2) is 0 Å². The third kappa shape index (κ3) is 2.43. The van der Waals surface area contributed by atoms with Crippen molar-refractivity contribution in [3.8, 4) is 0 Å². The predicted octanol–water partition coefficient (Wildman–Crippen LogP) is 3.82. The van der Waals surface area contributed by atoms with Crippen LogP contribution >= 0.6 is 31.9 Å². The molecule has 25 heavy (non-hydrogen) atoms. The largest absolute Gasteiger partial charge is 0.372 e. The molecule has 0 unspecified atom stereocenters. The first-order valence-corrected chi connectivity index (χ1v) is 10.8. The smallest absolute Gasteiger partial charge is 0.238 e. The number of amides is 2. The number of nitrogens with zero attached hydrogens (tertiary/aromatic N) is 2. The van der Waals surface area contributed by atoms with Gasteiger partial charge in [-0.1, -0.05) is 31.9 Å². The summed E-state index contributed by atoms with van der Waals surface area (Å²) in [4.78, 5) is 30.3. The average molecular weight is 470 g/mol. The van der Waals surface area contributed by atoms with Gasteiger partial charge in [-0.15, -0.1) is 0 Å². The molecule has 1 heterocycles. The van der Waals surface area contributed by atoms with Crippen LogP contribution in [0.2, 0.25) is 0 Å². The van der Waals surface area contributed by atoms with E-state index in [9.17, 15) is 9.59 Å². The standard InChI is InChI=1S/C19H22Br2N2O2/c1-3-22(4-2)10-5-7-11(8-6-10)23-18(24)14-12-9-13(15(14)19(23)25)17(21)16(12)20/h5-8,12-17H,3-4,9H2,1-2H3/t12-,13-,14-,15+,16-,17+/m0/s1. The number of fused-ring (bicyclic) bond motifs is 5. The summed E-state index contributed by atoms with van der Waals surface area (Å²) < 4.78 is 0. The van der Waals surface area contributed by atoms with E-state index < -0.39 is 0 Å². The monoisotopic (exact) mass is 468 g/mol. The summed E-state index contributed by atoms with van der Waals surface area (Å²) in [7, 11) is 0. The minimum atomic E-state index is -0.155. The number of imide groups is 1. The topological polar surface area (TPSA) is 40.6 Å². The van der Waals surface area contributed by atoms with E-state index in [0.717, 1.165) is 25.2 Å². The zero-order chi connectivity index (χ0) is 17.9. The quantitative estimate of drug-likeness (QED) is 0.497. The van der Waals surface area contributed by atoms with E-state index in [1.165, 1.54) is 4.90 Å². The number of benzene rings is 1. The van der Waals surface area contributed by atoms with E-state index in [1.54, 1.807) is 0 Å². The molecular formula is C19H22Br2N2O2. The van der Waals surface area contributed by atoms with Crippen LogP contribution < -0.4 is 9.80 Å². The maximum absolute atomic E-state index is 13.0. The molecule has 0 radical (unpaired) electrons. The van der Waals surface area contributed by atoms with Crippen LogP contribution in [-0.2, 0) is 9.59 Å². The van der Waals surface area contributed by atoms with E-state index in [0.29, 0.717) is 5.69 Å². The summed E-state index contributed by atoms with van der Waals surface area (Å²) >= 11 is 7.46. The first kappa shape index (κ1) is 17.5. The molecule has 0 aromatic heterocycles. The zero-order valence-electron chi connectivity index (χ0n) is 14.4. The van der Waals surface area contributed by atoms with Gasteiger partial charge in [0.2, 0.25) is 11.8 Å². The molecule has 6 atom stereocenters. The molecule has 1 aromatic carbocycles. The van der Waals surface area contributed by atoms with Crippen LogP contribution in [0.15, 0.2) is 24.3 Å². The van der Waals surface area contributed by atoms with Crippen molar-refractivity contribution < 1.29 is 9.59 Å². The maximum Gasteiger partial charge on any atom is 0.238 e. The van der Waals surface area contributed by atoms with Crippen LogP contribution in [0.1, 0.15) is 20.3 Å². The lowest BCUT2D eigenvalue weighted by atomic mass is 9.81. The van der Waals surface area contributed by atoms with Crippen molar-refractivity contribution in [2.45, 2.75) is 29.9 Å². The van der Waals surface area contributed by atoms with E-state index in [1.807, 2.05) is 24.3 Å². The molecule has 3 aliphatic rings. The summed E-state index contributed by atoms with van der Waals surface area (Å²) in [5.41, 5.74) is 1.83. The molecule has 1 aliphatic heterocycles. The first-order valence-electron chi connectivity index (χ1n) is 9.00. The van der Waals surface area contributed by atoms with Crippen LogP contribution in [0.3, 0.4) is 0 Å². The second-order valence-corrected chi connectivity index (χ2v) is 9.32. The lowest BCUT2D eigenvalue weighted by Crippen LogP contribution is -2.37. The molecule has 2 bridgehead atoms. The number of hydrogen-bond donors (Lipinski definition) is 0. The summed E-state index contributed by atoms with van der Waals surface area (Å²) in [6.45, 7) is 6.11. The summed E-state index contributed by atoms with van der Waals surface area (Å²) in [6, 6.07) is 7.83. The first-order chi connectivity index (χ1) is 12.0. The number of alkyl halides is 2. The van der Waals surface area contributed by atoms with E-state index in [-0.39, 0.29) is 45.1 Å². The lowest BCUT2D eigenvalue weighted by Gasteiger charge is -2.28. The molecule has 2 amide bonds. The number of rotatable bonds is 4. The molecule has 0 spiro atoms. The van der Waals surface area contributed by atoms with E-state index in [4.69, 9.17) is 0 Å². The van der Waals surface area contributed by atoms with Crippen molar-refractivity contribution >= 4 is 55.0 Å². The highest BCUT2D eigenvalue weighted by Gasteiger charge is 2.66. The van der Waals surface area contributed by atoms with Gasteiger partial charge in [0.05, 0.1) is 17.5 Å². The van der Waals surface area contributed by atoms with Gasteiger partial charge in [0.25, 0.3) is 0 Å². The van der Waals surface area contributed by atoms with Crippen molar-refractivity contribution in [2.75, 3.05) is 22.9 Å². The van der Waals surface area contributed by atoms with Crippen molar-refractivity contribution in [1.29, 1.82) is 0 Å². The highest BCUT2D eigenvalue weighted by atomic mass is 79.9. The summed E-state index contributed by atoms with van der Waals surface area (Å²) in [6.07, 6.45) is 0.966. The van der Waals surface area contributed by atoms with Crippen molar-refractivity contribution in [2.24, 2.45) is 23.7 Å². The van der Waals surface area contributed by atoms with Gasteiger partial charge in [-0.3, -0.25) is 14.5 Å². The van der Waals surface area contributed by atoms with Crippen molar-refractivity contribution in [3.05, 3.63) is 24.3 Å². The number of anilines is 2. The van der Waals surface area contributed by atoms with Crippen molar-refractivity contribution in [1.82, 2.24) is 0 Å². The normalized spacial score (nSPS) is 36.2. The lowest BCUT2D eigenvalue weighted by molar-refractivity contribution is -0.123. The van der Waals surface area contributed by atoms with Gasteiger partial charge in [-0.2, -0.15) is 0 Å². The predicted molar refractivity (Wildman–Crippen MR) is 107 cm³/mol. The molecule has 3 fully saturated rings. The Bertz CT molecular complexity index is 672. The molecule has 134 valence electrons. The molecule has 6 heteroatoms. The zero-order valence-corrected chi connectivity index (χ0v) is 17.5. The highest BCUT2D eigenvalue weighted by Crippen LogP contribution is 2.60. The fraction of sp³-hybridized carbons (Fsp3) is 0.579. The molecular weight excluding hydrogens is 448 g/mol. The highest BCUT2D eigenvalue weighted by molar-refractivity contribution is 9.12. The Balaban J connectivity index is 1.62. The number of carbonyl (C=O) groups excluding carboxylic acids is 2. The van der Waals surface area contributed by atoms with Gasteiger partial charge < -0.3 is 4.90 Å². The number of hydrogen-bond acceptors (Lipinski definition) is 3. The average Bonchev–Trinajstić information content (AvgIpc) is 3.22. The van der Waals surface area contributed by atoms with Gasteiger partial charge in [0.1, 0.15) is 0 Å². The van der Waals surface area contributed by atoms with Crippen LogP contribution in [-0.4, -0.2) is 34.6 Å². The fourth-order valence-electron chi connectivity index (χ4n) is 5.00. The fourth-order valence-corrected chi connectivity index (χ4v) is 6.88. The number of halogens is 2. The Labute approximate surface area is 165 Å². The van der Waals surface area contributed by atoms with Gasteiger partial charge in [-0.05, 0) is 56.4 Å². The summed E-state index contributed by atoms with van der Waals surface area (Å²) in [5, 5.41) is 0. The molecule has 2 saturated carbocycles. The molecule has 2 aliphatic carbocycles. The molecule has 1 saturated heterocycles. The van der Waals surface area contributed by atoms with Crippen molar-refractivity contribution in [3.63, 3.8) is 0 Å². The van der Waals surface area contributed by atoms with Crippen LogP contribution in [0.25, 0.3) is 0 Å². The Morgan fingerprint density at radius 2 is 1.44 bits per heavy atom. The third-order valence-electron chi connectivity index (χ3n) is 6.22. The summed E-state index contributed by atoms with van der Waals surface area (Å²) in [5.74, 6) is 0.187. The molecule has 4 rings (SSSR count). The Morgan fingerprint density at radius 3 is 1.88 bits per heavy atom. The molecule has 1 aromatic rings. The minimum absolute atomic E-state index is 0.0121. The van der Waals surface area contributed by atoms with Gasteiger partial charge in [-0.25, -0.2) is 0 Å². The molecule has 0 N–H and O–H groups in total. The Morgan fingerprint density at radius 1 is 0.960 bits per heavy atom. The molecule has 4 nitrogen and oxygen atoms in total. The number of carbonyl (C=O) groups is 2. The van der Waals surface area contributed by atoms with Crippen LogP contribution in [0.4, 0.5) is 11.4 Å². The Kier molecular flexibility index (Phi) is 4.47. The second kappa shape index (κ2) is 6.38. The second-order valence-electron chi connectivity index (χ2n) is 7.20. The third-order valence-corrected chi connectivity index (χ3v) is 9.43. The van der Waals surface area contributed by atoms with Gasteiger partial charge >= 0.3 is 0 Å². The van der Waals surface area contributed by atoms with E-state index >= 15 is 0 Å². The van der Waals surface area contributed by atoms with Crippen LogP contribution in [0.5, 0.6) is 0 Å². The SMILES string of the molecule is CCN(CC)c1ccc(N2C(=O)[C@@H]3[C@@H]4C[C@H]([C@H](Br)[C@@H]4Br)[C@@H]3C2=O)cc1. The van der Waals surface area contributed by atoms with Crippen LogP contribution in [0, 0.1) is 23.7 Å². The van der Waals surface area contributed by atoms with Gasteiger partial charge in [0, 0.05) is 28.4 Å². The minimum Gasteiger partial charge on any atom is -0.372 e.